The van der Waals surface area contributed by atoms with E-state index in [1.165, 1.54) is 0 Å². The van der Waals surface area contributed by atoms with Gasteiger partial charge in [0.2, 0.25) is 17.3 Å². The van der Waals surface area contributed by atoms with Crippen molar-refractivity contribution >= 4 is 22.6 Å². The largest absolute Gasteiger partial charge is 0.495 e. The van der Waals surface area contributed by atoms with Gasteiger partial charge in [0.1, 0.15) is 28.6 Å². The van der Waals surface area contributed by atoms with Crippen LogP contribution in [0.25, 0.3) is 22.1 Å². The summed E-state index contributed by atoms with van der Waals surface area (Å²) in [6.07, 6.45) is -0.997. The van der Waals surface area contributed by atoms with Gasteiger partial charge < -0.3 is 23.9 Å². The van der Waals surface area contributed by atoms with Gasteiger partial charge in [-0.25, -0.2) is 0 Å². The second kappa shape index (κ2) is 12.8. The topological polar surface area (TPSA) is 87.0 Å². The van der Waals surface area contributed by atoms with Crippen molar-refractivity contribution in [3.8, 4) is 34.1 Å². The molecule has 0 aliphatic carbocycles. The van der Waals surface area contributed by atoms with Crippen LogP contribution in [0, 0.1) is 13.8 Å². The van der Waals surface area contributed by atoms with Crippen LogP contribution in [-0.2, 0) is 4.79 Å². The summed E-state index contributed by atoms with van der Waals surface area (Å²) in [6.45, 7) is 3.61. The fourth-order valence-electron chi connectivity index (χ4n) is 5.08. The summed E-state index contributed by atoms with van der Waals surface area (Å²) < 4.78 is 23.7. The van der Waals surface area contributed by atoms with Crippen LogP contribution in [-0.4, -0.2) is 13.0 Å². The van der Waals surface area contributed by atoms with Crippen LogP contribution >= 0.6 is 0 Å². The van der Waals surface area contributed by atoms with Crippen LogP contribution in [0.5, 0.6) is 23.0 Å². The molecular weight excluding hydrogens is 566 g/mol. The van der Waals surface area contributed by atoms with Crippen LogP contribution in [0.4, 0.5) is 5.69 Å². The van der Waals surface area contributed by atoms with Gasteiger partial charge in [-0.1, -0.05) is 78.9 Å². The van der Waals surface area contributed by atoms with Crippen molar-refractivity contribution in [3.63, 3.8) is 0 Å². The minimum Gasteiger partial charge on any atom is -0.495 e. The Morgan fingerprint density at radius 3 is 2.13 bits per heavy atom. The molecule has 0 radical (unpaired) electrons. The summed E-state index contributed by atoms with van der Waals surface area (Å²) in [5.74, 6) is 1.46. The Morgan fingerprint density at radius 1 is 0.756 bits per heavy atom. The molecule has 1 N–H and O–H groups in total. The lowest BCUT2D eigenvalue weighted by Crippen LogP contribution is -2.26. The van der Waals surface area contributed by atoms with E-state index >= 15 is 0 Å². The van der Waals surface area contributed by atoms with Crippen molar-refractivity contribution in [1.29, 1.82) is 0 Å². The molecule has 5 aromatic carbocycles. The maximum atomic E-state index is 13.6. The monoisotopic (exact) mass is 597 g/mol. The second-order valence-electron chi connectivity index (χ2n) is 10.6. The Morgan fingerprint density at radius 2 is 1.42 bits per heavy atom. The first-order valence-electron chi connectivity index (χ1n) is 14.5. The number of amides is 1. The summed E-state index contributed by atoms with van der Waals surface area (Å²) in [7, 11) is 1.55. The Kier molecular flexibility index (Phi) is 8.33. The molecule has 7 heteroatoms. The average molecular weight is 598 g/mol. The van der Waals surface area contributed by atoms with E-state index in [2.05, 4.69) is 5.32 Å². The van der Waals surface area contributed by atoms with Crippen LogP contribution in [0.15, 0.2) is 131 Å². The number of rotatable bonds is 9. The molecule has 1 atom stereocenters. The molecule has 0 bridgehead atoms. The number of hydrogen-bond donors (Lipinski definition) is 1. The smallest absolute Gasteiger partial charge is 0.270 e. The number of nitrogens with one attached hydrogen (secondary N) is 1. The van der Waals surface area contributed by atoms with E-state index in [9.17, 15) is 9.59 Å². The zero-order valence-corrected chi connectivity index (χ0v) is 25.1. The number of carbonyl (C=O) groups is 1. The lowest BCUT2D eigenvalue weighted by Gasteiger charge is -2.20. The van der Waals surface area contributed by atoms with Gasteiger partial charge in [-0.3, -0.25) is 9.59 Å². The minimum atomic E-state index is -0.997. The molecule has 7 nitrogen and oxygen atoms in total. The highest BCUT2D eigenvalue weighted by Crippen LogP contribution is 2.32. The first-order valence-corrected chi connectivity index (χ1v) is 14.5. The maximum Gasteiger partial charge on any atom is 0.270 e. The first kappa shape index (κ1) is 29.3. The van der Waals surface area contributed by atoms with E-state index in [0.29, 0.717) is 45.2 Å². The van der Waals surface area contributed by atoms with Gasteiger partial charge in [-0.2, -0.15) is 0 Å². The molecule has 1 heterocycles. The third kappa shape index (κ3) is 6.43. The van der Waals surface area contributed by atoms with Gasteiger partial charge in [0.15, 0.2) is 0 Å². The molecule has 1 aromatic heterocycles. The number of hydrogen-bond acceptors (Lipinski definition) is 6. The predicted molar refractivity (Wildman–Crippen MR) is 175 cm³/mol. The third-order valence-corrected chi connectivity index (χ3v) is 7.38. The molecule has 0 saturated carbocycles. The highest BCUT2D eigenvalue weighted by molar-refractivity contribution is 5.96. The molecule has 0 saturated heterocycles. The number of anilines is 1. The van der Waals surface area contributed by atoms with Crippen molar-refractivity contribution < 1.29 is 23.4 Å². The fraction of sp³-hybridized carbons (Fsp3) is 0.105. The average Bonchev–Trinajstić information content (AvgIpc) is 3.06. The van der Waals surface area contributed by atoms with Gasteiger partial charge in [-0.05, 0) is 66.9 Å². The molecular formula is C38H31NO6. The maximum absolute atomic E-state index is 13.6. The highest BCUT2D eigenvalue weighted by atomic mass is 16.5. The molecule has 0 aliphatic heterocycles. The van der Waals surface area contributed by atoms with E-state index in [0.717, 1.165) is 16.7 Å². The van der Waals surface area contributed by atoms with Gasteiger partial charge in [0, 0.05) is 11.6 Å². The summed E-state index contributed by atoms with van der Waals surface area (Å²) in [5, 5.41) is 3.27. The number of aryl methyl sites for hydroxylation is 2. The van der Waals surface area contributed by atoms with Gasteiger partial charge in [0.05, 0.1) is 18.2 Å². The number of ether oxygens (including phenoxy) is 3. The molecule has 0 aliphatic rings. The number of carbonyl (C=O) groups excluding carboxylic acids is 1. The van der Waals surface area contributed by atoms with Crippen molar-refractivity contribution in [3.05, 3.63) is 148 Å². The minimum absolute atomic E-state index is 0.109. The van der Waals surface area contributed by atoms with E-state index in [-0.39, 0.29) is 17.1 Å². The normalized spacial score (nSPS) is 11.5. The Labute approximate surface area is 260 Å². The van der Waals surface area contributed by atoms with E-state index < -0.39 is 6.10 Å². The summed E-state index contributed by atoms with van der Waals surface area (Å²) >= 11 is 0. The number of methoxy groups -OCH3 is 1. The van der Waals surface area contributed by atoms with Crippen LogP contribution in [0.1, 0.15) is 23.0 Å². The van der Waals surface area contributed by atoms with Crippen LogP contribution < -0.4 is 25.0 Å². The molecule has 0 unspecified atom stereocenters. The zero-order chi connectivity index (χ0) is 31.3. The Bertz CT molecular complexity index is 2020. The van der Waals surface area contributed by atoms with E-state index in [1.54, 1.807) is 38.3 Å². The Balaban J connectivity index is 1.27. The molecule has 1 amide bonds. The summed E-state index contributed by atoms with van der Waals surface area (Å²) in [4.78, 5) is 27.1. The zero-order valence-electron chi connectivity index (χ0n) is 25.1. The van der Waals surface area contributed by atoms with Crippen LogP contribution in [0.3, 0.4) is 0 Å². The third-order valence-electron chi connectivity index (χ3n) is 7.38. The van der Waals surface area contributed by atoms with E-state index in [1.807, 2.05) is 104 Å². The van der Waals surface area contributed by atoms with Gasteiger partial charge >= 0.3 is 0 Å². The van der Waals surface area contributed by atoms with Crippen LogP contribution in [0.2, 0.25) is 0 Å². The van der Waals surface area contributed by atoms with Gasteiger partial charge in [-0.15, -0.1) is 0 Å². The van der Waals surface area contributed by atoms with E-state index in [4.69, 9.17) is 18.6 Å². The molecule has 6 aromatic rings. The molecule has 224 valence electrons. The predicted octanol–water partition coefficient (Wildman–Crippen LogP) is 8.64. The second-order valence-corrected chi connectivity index (χ2v) is 10.6. The molecule has 6 rings (SSSR count). The standard InChI is InChI=1S/C38H31NO6/c1-24-14-21-33(42-3)32(22-24)39-38(41)37(28-12-8-5-9-13-28)45-30-19-20-31-34(23-30)43-25(2)36(35(31)40)44-29-17-15-27(16-18-29)26-10-6-4-7-11-26/h4-23,37H,1-3H3,(H,39,41)/t37-/m1/s1. The number of benzene rings is 5. The summed E-state index contributed by atoms with van der Waals surface area (Å²) in [6, 6.07) is 37.1. The Hall–Kier alpha value is -5.82. The SMILES string of the molecule is COc1ccc(C)cc1NC(=O)[C@H](Oc1ccc2c(=O)c(Oc3ccc(-c4ccccc4)cc3)c(C)oc2c1)c1ccccc1. The lowest BCUT2D eigenvalue weighted by atomic mass is 10.1. The fourth-order valence-corrected chi connectivity index (χ4v) is 5.08. The quantitative estimate of drug-likeness (QED) is 0.180. The van der Waals surface area contributed by atoms with Crippen molar-refractivity contribution in [2.45, 2.75) is 20.0 Å². The molecule has 0 spiro atoms. The van der Waals surface area contributed by atoms with Crippen molar-refractivity contribution in [1.82, 2.24) is 0 Å². The summed E-state index contributed by atoms with van der Waals surface area (Å²) in [5.41, 5.74) is 4.29. The lowest BCUT2D eigenvalue weighted by molar-refractivity contribution is -0.123. The highest BCUT2D eigenvalue weighted by Gasteiger charge is 2.25. The van der Waals surface area contributed by atoms with Gasteiger partial charge in [0.25, 0.3) is 5.91 Å². The molecule has 45 heavy (non-hydrogen) atoms. The first-order chi connectivity index (χ1) is 21.9. The van der Waals surface area contributed by atoms with Crippen molar-refractivity contribution in [2.75, 3.05) is 12.4 Å². The number of fused-ring (bicyclic) bond motifs is 1. The molecule has 0 fully saturated rings. The van der Waals surface area contributed by atoms with Crippen molar-refractivity contribution in [2.24, 2.45) is 0 Å².